The van der Waals surface area contributed by atoms with Gasteiger partial charge in [-0.3, -0.25) is 4.98 Å². The fourth-order valence-corrected chi connectivity index (χ4v) is 2.68. The zero-order valence-electron chi connectivity index (χ0n) is 11.2. The Morgan fingerprint density at radius 1 is 1.10 bits per heavy atom. The van der Waals surface area contributed by atoms with E-state index < -0.39 is 0 Å². The molecule has 3 rings (SSSR count). The molecule has 0 aliphatic rings. The van der Waals surface area contributed by atoms with Gasteiger partial charge in [0, 0.05) is 23.5 Å². The molecule has 0 radical (unpaired) electrons. The van der Waals surface area contributed by atoms with Gasteiger partial charge >= 0.3 is 0 Å². The van der Waals surface area contributed by atoms with Crippen LogP contribution in [0.1, 0.15) is 5.69 Å². The molecular weight excluding hydrogens is 280 g/mol. The fraction of sp³-hybridized carbons (Fsp3) is 0.0625. The smallest absolute Gasteiger partial charge is 0.117 e. The molecule has 3 aromatic rings. The molecule has 0 aliphatic heterocycles. The number of para-hydroxylation sites is 1. The summed E-state index contributed by atoms with van der Waals surface area (Å²) in [4.78, 5) is 8.82. The van der Waals surface area contributed by atoms with Crippen molar-refractivity contribution in [1.29, 1.82) is 5.26 Å². The standard InChI is InChI=1S/C16H12N4S/c17-10-9-13-6-2-8-15(19-13)21-20-14-7-1-4-12-5-3-11-18-16(12)14/h1-8,11,20H,9H2. The number of fused-ring (bicyclic) bond motifs is 1. The first-order chi connectivity index (χ1) is 10.4. The van der Waals surface area contributed by atoms with Crippen molar-refractivity contribution < 1.29 is 0 Å². The van der Waals surface area contributed by atoms with Crippen LogP contribution in [0.3, 0.4) is 0 Å². The molecule has 21 heavy (non-hydrogen) atoms. The van der Waals surface area contributed by atoms with Crippen molar-refractivity contribution in [3.05, 3.63) is 60.4 Å². The van der Waals surface area contributed by atoms with Crippen LogP contribution in [0.5, 0.6) is 0 Å². The Morgan fingerprint density at radius 2 is 1.95 bits per heavy atom. The first kappa shape index (κ1) is 13.4. The van der Waals surface area contributed by atoms with Gasteiger partial charge in [-0.2, -0.15) is 5.26 Å². The van der Waals surface area contributed by atoms with E-state index in [1.165, 1.54) is 11.9 Å². The third-order valence-electron chi connectivity index (χ3n) is 2.94. The van der Waals surface area contributed by atoms with E-state index in [0.29, 0.717) is 6.42 Å². The lowest BCUT2D eigenvalue weighted by atomic mass is 10.2. The zero-order valence-corrected chi connectivity index (χ0v) is 12.0. The summed E-state index contributed by atoms with van der Waals surface area (Å²) < 4.78 is 3.28. The quantitative estimate of drug-likeness (QED) is 0.741. The topological polar surface area (TPSA) is 61.6 Å². The van der Waals surface area contributed by atoms with Gasteiger partial charge in [0.1, 0.15) is 5.03 Å². The first-order valence-corrected chi connectivity index (χ1v) is 7.28. The summed E-state index contributed by atoms with van der Waals surface area (Å²) in [6, 6.07) is 17.7. The number of hydrogen-bond donors (Lipinski definition) is 1. The van der Waals surface area contributed by atoms with Gasteiger partial charge in [-0.15, -0.1) is 0 Å². The van der Waals surface area contributed by atoms with E-state index >= 15 is 0 Å². The molecule has 0 saturated heterocycles. The monoisotopic (exact) mass is 292 g/mol. The van der Waals surface area contributed by atoms with Gasteiger partial charge in [0.25, 0.3) is 0 Å². The van der Waals surface area contributed by atoms with Crippen molar-refractivity contribution >= 4 is 28.5 Å². The molecule has 1 aromatic carbocycles. The second-order valence-electron chi connectivity index (χ2n) is 4.39. The van der Waals surface area contributed by atoms with E-state index in [4.69, 9.17) is 5.26 Å². The van der Waals surface area contributed by atoms with E-state index in [0.717, 1.165) is 27.3 Å². The number of nitrogens with one attached hydrogen (secondary N) is 1. The Labute approximate surface area is 127 Å². The van der Waals surface area contributed by atoms with Gasteiger partial charge in [-0.25, -0.2) is 4.98 Å². The number of nitriles is 1. The van der Waals surface area contributed by atoms with Crippen LogP contribution in [-0.4, -0.2) is 9.97 Å². The molecule has 102 valence electrons. The van der Waals surface area contributed by atoms with Crippen LogP contribution in [-0.2, 0) is 6.42 Å². The Bertz CT molecular complexity index is 805. The second kappa shape index (κ2) is 6.25. The molecule has 0 fully saturated rings. The van der Waals surface area contributed by atoms with Crippen molar-refractivity contribution in [3.63, 3.8) is 0 Å². The molecule has 2 aromatic heterocycles. The summed E-state index contributed by atoms with van der Waals surface area (Å²) in [7, 11) is 0. The van der Waals surface area contributed by atoms with E-state index in [2.05, 4.69) is 20.8 Å². The maximum atomic E-state index is 8.72. The van der Waals surface area contributed by atoms with Crippen LogP contribution in [0, 0.1) is 11.3 Å². The molecule has 0 atom stereocenters. The third-order valence-corrected chi connectivity index (χ3v) is 3.70. The van der Waals surface area contributed by atoms with Crippen molar-refractivity contribution in [2.24, 2.45) is 0 Å². The summed E-state index contributed by atoms with van der Waals surface area (Å²) in [5, 5.41) is 10.6. The van der Waals surface area contributed by atoms with Gasteiger partial charge in [0.05, 0.1) is 29.4 Å². The van der Waals surface area contributed by atoms with Gasteiger partial charge in [-0.1, -0.05) is 24.3 Å². The summed E-state index contributed by atoms with van der Waals surface area (Å²) >= 11 is 1.42. The Hall–Kier alpha value is -2.58. The number of anilines is 1. The Balaban J connectivity index is 1.81. The maximum Gasteiger partial charge on any atom is 0.117 e. The Morgan fingerprint density at radius 3 is 2.86 bits per heavy atom. The summed E-state index contributed by atoms with van der Waals surface area (Å²) in [6.07, 6.45) is 2.11. The van der Waals surface area contributed by atoms with Crippen molar-refractivity contribution in [1.82, 2.24) is 9.97 Å². The first-order valence-electron chi connectivity index (χ1n) is 6.46. The largest absolute Gasteiger partial charge is 0.322 e. The Kier molecular flexibility index (Phi) is 3.99. The molecule has 0 unspecified atom stereocenters. The van der Waals surface area contributed by atoms with Crippen molar-refractivity contribution in [3.8, 4) is 6.07 Å². The lowest BCUT2D eigenvalue weighted by Crippen LogP contribution is -1.94. The van der Waals surface area contributed by atoms with Crippen LogP contribution in [0.25, 0.3) is 10.9 Å². The van der Waals surface area contributed by atoms with Gasteiger partial charge in [-0.05, 0) is 24.3 Å². The average molecular weight is 292 g/mol. The maximum absolute atomic E-state index is 8.72. The van der Waals surface area contributed by atoms with E-state index in [1.807, 2.05) is 48.5 Å². The molecule has 2 heterocycles. The van der Waals surface area contributed by atoms with Gasteiger partial charge < -0.3 is 4.72 Å². The minimum Gasteiger partial charge on any atom is -0.322 e. The molecule has 0 spiro atoms. The van der Waals surface area contributed by atoms with Crippen LogP contribution in [0.15, 0.2) is 59.8 Å². The van der Waals surface area contributed by atoms with Gasteiger partial charge in [0.2, 0.25) is 0 Å². The van der Waals surface area contributed by atoms with Crippen LogP contribution < -0.4 is 4.72 Å². The molecule has 5 heteroatoms. The van der Waals surface area contributed by atoms with Crippen LogP contribution >= 0.6 is 11.9 Å². The number of hydrogen-bond acceptors (Lipinski definition) is 5. The van der Waals surface area contributed by atoms with E-state index in [1.54, 1.807) is 6.20 Å². The second-order valence-corrected chi connectivity index (χ2v) is 5.21. The third kappa shape index (κ3) is 3.12. The normalized spacial score (nSPS) is 10.2. The predicted octanol–water partition coefficient (Wildman–Crippen LogP) is 3.82. The zero-order chi connectivity index (χ0) is 14.5. The van der Waals surface area contributed by atoms with E-state index in [9.17, 15) is 0 Å². The highest BCUT2D eigenvalue weighted by molar-refractivity contribution is 8.00. The molecule has 0 amide bonds. The number of pyridine rings is 2. The minimum absolute atomic E-state index is 0.324. The summed E-state index contributed by atoms with van der Waals surface area (Å²) in [6.45, 7) is 0. The highest BCUT2D eigenvalue weighted by Crippen LogP contribution is 2.25. The average Bonchev–Trinajstić information content (AvgIpc) is 2.53. The number of aromatic nitrogens is 2. The molecular formula is C16H12N4S. The lowest BCUT2D eigenvalue weighted by molar-refractivity contribution is 1.02. The molecule has 0 aliphatic carbocycles. The SMILES string of the molecule is N#CCc1cccc(SNc2cccc3cccnc23)n1. The van der Waals surface area contributed by atoms with Crippen molar-refractivity contribution in [2.45, 2.75) is 11.4 Å². The number of benzene rings is 1. The summed E-state index contributed by atoms with van der Waals surface area (Å²) in [5.41, 5.74) is 2.66. The number of nitrogens with zero attached hydrogens (tertiary/aromatic N) is 3. The molecule has 0 saturated carbocycles. The van der Waals surface area contributed by atoms with Crippen LogP contribution in [0.2, 0.25) is 0 Å². The molecule has 4 nitrogen and oxygen atoms in total. The fourth-order valence-electron chi connectivity index (χ4n) is 1.99. The predicted molar refractivity (Wildman–Crippen MR) is 84.8 cm³/mol. The van der Waals surface area contributed by atoms with Crippen molar-refractivity contribution in [2.75, 3.05) is 4.72 Å². The highest BCUT2D eigenvalue weighted by Gasteiger charge is 2.03. The lowest BCUT2D eigenvalue weighted by Gasteiger charge is -2.08. The molecule has 0 bridgehead atoms. The summed E-state index contributed by atoms with van der Waals surface area (Å²) in [5.74, 6) is 0. The minimum atomic E-state index is 0.324. The van der Waals surface area contributed by atoms with Gasteiger partial charge in [0.15, 0.2) is 0 Å². The van der Waals surface area contributed by atoms with E-state index in [-0.39, 0.29) is 0 Å². The van der Waals surface area contributed by atoms with Crippen LogP contribution in [0.4, 0.5) is 5.69 Å². The number of rotatable bonds is 4. The highest BCUT2D eigenvalue weighted by atomic mass is 32.2. The molecule has 1 N–H and O–H groups in total.